The van der Waals surface area contributed by atoms with Gasteiger partial charge in [-0.25, -0.2) is 9.97 Å². The zero-order valence-electron chi connectivity index (χ0n) is 16.1. The van der Waals surface area contributed by atoms with Gasteiger partial charge in [0.25, 0.3) is 0 Å². The van der Waals surface area contributed by atoms with Crippen molar-refractivity contribution in [2.75, 3.05) is 45.1 Å². The Hall–Kier alpha value is -2.02. The molecule has 1 saturated heterocycles. The Balaban J connectivity index is 1.43. The molecule has 1 aliphatic rings. The molecule has 0 radical (unpaired) electrons. The fraction of sp³-hybridized carbons (Fsp3) is 0.429. The molecule has 1 N–H and O–H groups in total. The van der Waals surface area contributed by atoms with E-state index in [4.69, 9.17) is 0 Å². The number of nitrogens with zero attached hydrogens (tertiary/aromatic N) is 4. The molecule has 3 aromatic rings. The third-order valence-corrected chi connectivity index (χ3v) is 6.34. The van der Waals surface area contributed by atoms with Crippen LogP contribution in [0, 0.1) is 0 Å². The zero-order valence-corrected chi connectivity index (χ0v) is 16.9. The lowest BCUT2D eigenvalue weighted by Gasteiger charge is -2.33. The van der Waals surface area contributed by atoms with Crippen LogP contribution in [-0.2, 0) is 0 Å². The smallest absolute Gasteiger partial charge is 0.138 e. The highest BCUT2D eigenvalue weighted by Gasteiger charge is 2.16. The number of anilines is 1. The first-order valence-electron chi connectivity index (χ1n) is 9.66. The average Bonchev–Trinajstić information content (AvgIpc) is 3.14. The highest BCUT2D eigenvalue weighted by molar-refractivity contribution is 7.21. The summed E-state index contributed by atoms with van der Waals surface area (Å²) in [6, 6.07) is 13.1. The highest BCUT2D eigenvalue weighted by Crippen LogP contribution is 2.35. The molecule has 142 valence electrons. The Morgan fingerprint density at radius 3 is 2.67 bits per heavy atom. The van der Waals surface area contributed by atoms with Gasteiger partial charge in [-0.3, -0.25) is 0 Å². The molecular weight excluding hydrogens is 354 g/mol. The van der Waals surface area contributed by atoms with Crippen LogP contribution in [0.15, 0.2) is 42.7 Å². The van der Waals surface area contributed by atoms with E-state index in [1.165, 1.54) is 36.6 Å². The average molecular weight is 382 g/mol. The number of hydrogen-bond acceptors (Lipinski definition) is 6. The number of piperazine rings is 1. The van der Waals surface area contributed by atoms with Crippen molar-refractivity contribution in [1.29, 1.82) is 0 Å². The van der Waals surface area contributed by atoms with Crippen molar-refractivity contribution in [3.8, 4) is 10.4 Å². The monoisotopic (exact) mass is 381 g/mol. The molecule has 0 aliphatic carbocycles. The first kappa shape index (κ1) is 18.3. The molecule has 1 aromatic carbocycles. The predicted octanol–water partition coefficient (Wildman–Crippen LogP) is 3.80. The van der Waals surface area contributed by atoms with Crippen molar-refractivity contribution in [1.82, 2.24) is 19.8 Å². The van der Waals surface area contributed by atoms with Crippen LogP contribution in [0.5, 0.6) is 0 Å². The Morgan fingerprint density at radius 1 is 1.11 bits per heavy atom. The van der Waals surface area contributed by atoms with Crippen molar-refractivity contribution >= 4 is 27.4 Å². The van der Waals surface area contributed by atoms with Crippen LogP contribution in [0.1, 0.15) is 13.3 Å². The summed E-state index contributed by atoms with van der Waals surface area (Å²) in [5.74, 6) is 0.948. The van der Waals surface area contributed by atoms with Crippen LogP contribution >= 0.6 is 11.3 Å². The first-order chi connectivity index (χ1) is 13.2. The van der Waals surface area contributed by atoms with Gasteiger partial charge in [-0.2, -0.15) is 0 Å². The summed E-state index contributed by atoms with van der Waals surface area (Å²) >= 11 is 1.72. The van der Waals surface area contributed by atoms with Crippen LogP contribution < -0.4 is 5.32 Å². The van der Waals surface area contributed by atoms with Gasteiger partial charge in [0.15, 0.2) is 0 Å². The van der Waals surface area contributed by atoms with Crippen LogP contribution in [-0.4, -0.2) is 65.6 Å². The Kier molecular flexibility index (Phi) is 5.66. The van der Waals surface area contributed by atoms with Crippen molar-refractivity contribution in [2.45, 2.75) is 19.4 Å². The molecule has 6 heteroatoms. The third-order valence-electron chi connectivity index (χ3n) is 5.25. The second-order valence-corrected chi connectivity index (χ2v) is 8.43. The molecule has 0 bridgehead atoms. The minimum atomic E-state index is 0.378. The summed E-state index contributed by atoms with van der Waals surface area (Å²) in [6.45, 7) is 8.07. The Bertz CT molecular complexity index is 871. The molecule has 3 heterocycles. The summed E-state index contributed by atoms with van der Waals surface area (Å²) in [5, 5.41) is 4.73. The minimum absolute atomic E-state index is 0.378. The number of benzene rings is 1. The minimum Gasteiger partial charge on any atom is -0.367 e. The molecule has 4 rings (SSSR count). The maximum Gasteiger partial charge on any atom is 0.138 e. The van der Waals surface area contributed by atoms with Crippen molar-refractivity contribution in [2.24, 2.45) is 0 Å². The number of likely N-dealkylation sites (N-methyl/N-ethyl adjacent to an activating group) is 1. The van der Waals surface area contributed by atoms with Gasteiger partial charge in [0.05, 0.1) is 5.39 Å². The van der Waals surface area contributed by atoms with Crippen molar-refractivity contribution in [3.63, 3.8) is 0 Å². The van der Waals surface area contributed by atoms with E-state index in [1.54, 1.807) is 17.7 Å². The van der Waals surface area contributed by atoms with Gasteiger partial charge in [0.1, 0.15) is 17.0 Å². The fourth-order valence-electron chi connectivity index (χ4n) is 3.47. The number of rotatable bonds is 6. The van der Waals surface area contributed by atoms with Crippen LogP contribution in [0.2, 0.25) is 0 Å². The molecule has 1 aliphatic heterocycles. The normalized spacial score (nSPS) is 17.3. The number of nitrogens with one attached hydrogen (secondary N) is 1. The lowest BCUT2D eigenvalue weighted by atomic mass is 10.1. The van der Waals surface area contributed by atoms with Crippen LogP contribution in [0.3, 0.4) is 0 Å². The van der Waals surface area contributed by atoms with Crippen LogP contribution in [0.25, 0.3) is 20.7 Å². The van der Waals surface area contributed by atoms with E-state index in [-0.39, 0.29) is 0 Å². The maximum absolute atomic E-state index is 4.52. The molecular formula is C21H27N5S. The summed E-state index contributed by atoms with van der Waals surface area (Å²) < 4.78 is 0. The quantitative estimate of drug-likeness (QED) is 0.704. The number of hydrogen-bond donors (Lipinski definition) is 1. The summed E-state index contributed by atoms with van der Waals surface area (Å²) in [5.41, 5.74) is 1.23. The van der Waals surface area contributed by atoms with Gasteiger partial charge in [-0.15, -0.1) is 11.3 Å². The first-order valence-corrected chi connectivity index (χ1v) is 10.5. The Morgan fingerprint density at radius 2 is 1.89 bits per heavy atom. The summed E-state index contributed by atoms with van der Waals surface area (Å²) in [4.78, 5) is 16.2. The standard InChI is InChI=1S/C21H27N5S/c1-16(8-9-26-12-10-25(2)11-13-26)24-20-18-14-19(17-6-4-3-5-7-17)27-21(18)23-15-22-20/h3-7,14-16H,8-13H2,1-2H3,(H,22,23,24). The van der Waals surface area contributed by atoms with Gasteiger partial charge in [0, 0.05) is 43.6 Å². The van der Waals surface area contributed by atoms with E-state index in [0.29, 0.717) is 6.04 Å². The van der Waals surface area contributed by atoms with E-state index in [0.717, 1.165) is 29.0 Å². The second kappa shape index (κ2) is 8.33. The maximum atomic E-state index is 4.52. The molecule has 5 nitrogen and oxygen atoms in total. The topological polar surface area (TPSA) is 44.3 Å². The SMILES string of the molecule is CC(CCN1CCN(C)CC1)Nc1ncnc2sc(-c3ccccc3)cc12. The zero-order chi connectivity index (χ0) is 18.6. The summed E-state index contributed by atoms with van der Waals surface area (Å²) in [7, 11) is 2.20. The molecule has 0 amide bonds. The molecule has 1 unspecified atom stereocenters. The number of fused-ring (bicyclic) bond motifs is 1. The van der Waals surface area contributed by atoms with E-state index in [2.05, 4.69) is 69.4 Å². The van der Waals surface area contributed by atoms with Gasteiger partial charge in [-0.05, 0) is 32.0 Å². The molecule has 1 atom stereocenters. The summed E-state index contributed by atoms with van der Waals surface area (Å²) in [6.07, 6.45) is 2.79. The van der Waals surface area contributed by atoms with E-state index in [9.17, 15) is 0 Å². The number of aromatic nitrogens is 2. The van der Waals surface area contributed by atoms with Gasteiger partial charge in [-0.1, -0.05) is 30.3 Å². The molecule has 27 heavy (non-hydrogen) atoms. The highest BCUT2D eigenvalue weighted by atomic mass is 32.1. The molecule has 0 spiro atoms. The number of thiophene rings is 1. The third kappa shape index (κ3) is 4.46. The van der Waals surface area contributed by atoms with E-state index in [1.807, 2.05) is 6.07 Å². The van der Waals surface area contributed by atoms with Gasteiger partial charge >= 0.3 is 0 Å². The lowest BCUT2D eigenvalue weighted by Crippen LogP contribution is -2.45. The fourth-order valence-corrected chi connectivity index (χ4v) is 4.47. The Labute approximate surface area is 165 Å². The van der Waals surface area contributed by atoms with Crippen molar-refractivity contribution < 1.29 is 0 Å². The second-order valence-electron chi connectivity index (χ2n) is 7.40. The van der Waals surface area contributed by atoms with Crippen molar-refractivity contribution in [3.05, 3.63) is 42.7 Å². The lowest BCUT2D eigenvalue weighted by molar-refractivity contribution is 0.151. The van der Waals surface area contributed by atoms with Gasteiger partial charge in [0.2, 0.25) is 0 Å². The van der Waals surface area contributed by atoms with E-state index >= 15 is 0 Å². The van der Waals surface area contributed by atoms with E-state index < -0.39 is 0 Å². The van der Waals surface area contributed by atoms with Gasteiger partial charge < -0.3 is 15.1 Å². The molecule has 2 aromatic heterocycles. The largest absolute Gasteiger partial charge is 0.367 e. The molecule has 1 fully saturated rings. The molecule has 0 saturated carbocycles. The predicted molar refractivity (Wildman–Crippen MR) is 114 cm³/mol. The van der Waals surface area contributed by atoms with Crippen LogP contribution in [0.4, 0.5) is 5.82 Å².